The number of fused-ring (bicyclic) bond motifs is 1. The van der Waals surface area contributed by atoms with Gasteiger partial charge in [-0.25, -0.2) is 9.07 Å². The number of nitrogen functional groups attached to an aromatic ring is 1. The molecule has 2 heterocycles. The van der Waals surface area contributed by atoms with Gasteiger partial charge in [0.15, 0.2) is 17.3 Å². The molecule has 210 valence electrons. The van der Waals surface area contributed by atoms with Crippen LogP contribution in [0.1, 0.15) is 58.2 Å². The highest BCUT2D eigenvalue weighted by molar-refractivity contribution is 6.13. The number of nitrogens with zero attached hydrogens (tertiary/aromatic N) is 2. The number of ketones is 2. The lowest BCUT2D eigenvalue weighted by Crippen LogP contribution is -2.08. The van der Waals surface area contributed by atoms with Gasteiger partial charge in [-0.3, -0.25) is 9.59 Å². The zero-order valence-corrected chi connectivity index (χ0v) is 22.9. The SMILES string of the molecule is CCCOCCCC(=O)c1ccc2[nH]c(C(=O)c3cnn(-c4ccc(Oc5ccccc5F)cc4C)c3N)cc2c1. The molecule has 9 heteroatoms. The Morgan fingerprint density at radius 2 is 1.88 bits per heavy atom. The number of carbonyl (C=O) groups excluding carboxylic acids is 2. The van der Waals surface area contributed by atoms with Crippen molar-refractivity contribution in [2.75, 3.05) is 18.9 Å². The van der Waals surface area contributed by atoms with E-state index in [0.29, 0.717) is 48.7 Å². The van der Waals surface area contributed by atoms with Crippen LogP contribution in [-0.4, -0.2) is 39.5 Å². The zero-order valence-electron chi connectivity index (χ0n) is 22.9. The fraction of sp³-hybridized carbons (Fsp3) is 0.219. The minimum Gasteiger partial charge on any atom is -0.454 e. The van der Waals surface area contributed by atoms with Crippen molar-refractivity contribution in [1.29, 1.82) is 0 Å². The Morgan fingerprint density at radius 3 is 2.66 bits per heavy atom. The van der Waals surface area contributed by atoms with Gasteiger partial charge in [0.25, 0.3) is 0 Å². The number of nitrogens with two attached hydrogens (primary N) is 1. The first kappa shape index (κ1) is 27.8. The van der Waals surface area contributed by atoms with E-state index in [1.54, 1.807) is 60.7 Å². The highest BCUT2D eigenvalue weighted by Gasteiger charge is 2.21. The maximum absolute atomic E-state index is 14.0. The molecule has 0 fully saturated rings. The largest absolute Gasteiger partial charge is 0.454 e. The fourth-order valence-electron chi connectivity index (χ4n) is 4.61. The number of aromatic nitrogens is 3. The molecule has 0 saturated carbocycles. The van der Waals surface area contributed by atoms with Gasteiger partial charge < -0.3 is 20.2 Å². The van der Waals surface area contributed by atoms with Crippen molar-refractivity contribution in [3.05, 3.63) is 101 Å². The molecular formula is C32H31FN4O4. The molecule has 3 aromatic carbocycles. The van der Waals surface area contributed by atoms with Crippen LogP contribution in [0.15, 0.2) is 72.9 Å². The Balaban J connectivity index is 1.32. The summed E-state index contributed by atoms with van der Waals surface area (Å²) in [5.41, 5.74) is 9.73. The highest BCUT2D eigenvalue weighted by Crippen LogP contribution is 2.29. The molecule has 0 saturated heterocycles. The Bertz CT molecular complexity index is 1720. The summed E-state index contributed by atoms with van der Waals surface area (Å²) in [6.45, 7) is 5.15. The summed E-state index contributed by atoms with van der Waals surface area (Å²) in [6, 6.07) is 18.4. The standard InChI is InChI=1S/C32H31FN4O4/c1-3-14-40-15-6-8-29(38)21-10-12-26-22(17-21)18-27(36-26)31(39)24-19-35-37(32(24)34)28-13-11-23(16-20(28)2)41-30-9-5-4-7-25(30)33/h4-5,7,9-13,16-19,36H,3,6,8,14-15,34H2,1-2H3. The van der Waals surface area contributed by atoms with E-state index in [9.17, 15) is 14.0 Å². The highest BCUT2D eigenvalue weighted by atomic mass is 19.1. The van der Waals surface area contributed by atoms with Gasteiger partial charge in [0.2, 0.25) is 5.78 Å². The Morgan fingerprint density at radius 1 is 1.05 bits per heavy atom. The van der Waals surface area contributed by atoms with Crippen LogP contribution in [0.2, 0.25) is 0 Å². The molecule has 0 radical (unpaired) electrons. The van der Waals surface area contributed by atoms with E-state index in [2.05, 4.69) is 10.1 Å². The molecule has 8 nitrogen and oxygen atoms in total. The average Bonchev–Trinajstić information content (AvgIpc) is 3.57. The van der Waals surface area contributed by atoms with Gasteiger partial charge in [-0.2, -0.15) is 5.10 Å². The number of para-hydroxylation sites is 1. The summed E-state index contributed by atoms with van der Waals surface area (Å²) in [5.74, 6) is 0.0227. The Hall–Kier alpha value is -4.76. The van der Waals surface area contributed by atoms with Crippen LogP contribution in [0, 0.1) is 12.7 Å². The number of ether oxygens (including phenoxy) is 2. The van der Waals surface area contributed by atoms with Gasteiger partial charge in [0.05, 0.1) is 23.1 Å². The van der Waals surface area contributed by atoms with E-state index in [0.717, 1.165) is 22.9 Å². The van der Waals surface area contributed by atoms with Crippen molar-refractivity contribution in [3.8, 4) is 17.2 Å². The van der Waals surface area contributed by atoms with E-state index in [-0.39, 0.29) is 28.7 Å². The molecule has 0 aliphatic heterocycles. The van der Waals surface area contributed by atoms with Gasteiger partial charge >= 0.3 is 0 Å². The second kappa shape index (κ2) is 12.2. The molecule has 2 aromatic heterocycles. The zero-order chi connectivity index (χ0) is 28.9. The first-order valence-electron chi connectivity index (χ1n) is 13.5. The maximum atomic E-state index is 14.0. The Kier molecular flexibility index (Phi) is 8.26. The third kappa shape index (κ3) is 6.05. The number of halogens is 1. The molecule has 0 unspecified atom stereocenters. The van der Waals surface area contributed by atoms with E-state index in [4.69, 9.17) is 15.2 Å². The lowest BCUT2D eigenvalue weighted by atomic mass is 10.0. The molecule has 0 amide bonds. The number of aromatic amines is 1. The first-order valence-corrected chi connectivity index (χ1v) is 13.5. The van der Waals surface area contributed by atoms with Crippen LogP contribution in [0.5, 0.6) is 11.5 Å². The summed E-state index contributed by atoms with van der Waals surface area (Å²) in [5, 5.41) is 5.12. The lowest BCUT2D eigenvalue weighted by molar-refractivity contribution is 0.0938. The van der Waals surface area contributed by atoms with Crippen molar-refractivity contribution in [2.24, 2.45) is 0 Å². The molecule has 0 aliphatic rings. The second-order valence-electron chi connectivity index (χ2n) is 9.79. The molecule has 5 aromatic rings. The second-order valence-corrected chi connectivity index (χ2v) is 9.79. The molecule has 3 N–H and O–H groups in total. The summed E-state index contributed by atoms with van der Waals surface area (Å²) in [4.78, 5) is 29.2. The van der Waals surface area contributed by atoms with Crippen molar-refractivity contribution in [1.82, 2.24) is 14.8 Å². The molecule has 41 heavy (non-hydrogen) atoms. The van der Waals surface area contributed by atoms with Crippen molar-refractivity contribution in [2.45, 2.75) is 33.1 Å². The molecule has 0 spiro atoms. The number of aryl methyl sites for hydroxylation is 1. The fourth-order valence-corrected chi connectivity index (χ4v) is 4.61. The summed E-state index contributed by atoms with van der Waals surface area (Å²) >= 11 is 0. The van der Waals surface area contributed by atoms with E-state index in [1.165, 1.54) is 16.9 Å². The molecular weight excluding hydrogens is 523 g/mol. The van der Waals surface area contributed by atoms with Crippen molar-refractivity contribution in [3.63, 3.8) is 0 Å². The van der Waals surface area contributed by atoms with Crippen LogP contribution in [0.3, 0.4) is 0 Å². The Labute approximate surface area is 236 Å². The smallest absolute Gasteiger partial charge is 0.214 e. The monoisotopic (exact) mass is 554 g/mol. The van der Waals surface area contributed by atoms with Crippen LogP contribution in [0.4, 0.5) is 10.2 Å². The molecule has 0 aliphatic carbocycles. The van der Waals surface area contributed by atoms with Gasteiger partial charge in [0, 0.05) is 36.1 Å². The number of hydrogen-bond donors (Lipinski definition) is 2. The number of rotatable bonds is 12. The van der Waals surface area contributed by atoms with Gasteiger partial charge in [-0.1, -0.05) is 19.1 Å². The number of carbonyl (C=O) groups is 2. The maximum Gasteiger partial charge on any atom is 0.214 e. The summed E-state index contributed by atoms with van der Waals surface area (Å²) in [7, 11) is 0. The normalized spacial score (nSPS) is 11.2. The predicted octanol–water partition coefficient (Wildman–Crippen LogP) is 6.80. The topological polar surface area (TPSA) is 112 Å². The molecule has 0 bridgehead atoms. The van der Waals surface area contributed by atoms with Crippen molar-refractivity contribution < 1.29 is 23.5 Å². The van der Waals surface area contributed by atoms with E-state index < -0.39 is 5.82 Å². The van der Waals surface area contributed by atoms with Gasteiger partial charge in [-0.05, 0) is 79.9 Å². The number of nitrogens with one attached hydrogen (secondary N) is 1. The third-order valence-corrected chi connectivity index (χ3v) is 6.74. The van der Waals surface area contributed by atoms with Gasteiger partial charge in [-0.15, -0.1) is 0 Å². The summed E-state index contributed by atoms with van der Waals surface area (Å²) in [6.07, 6.45) is 3.45. The quantitative estimate of drug-likeness (QED) is 0.130. The van der Waals surface area contributed by atoms with Crippen molar-refractivity contribution >= 4 is 28.3 Å². The minimum absolute atomic E-state index is 0.0345. The number of H-pyrrole nitrogens is 1. The van der Waals surface area contributed by atoms with E-state index in [1.807, 2.05) is 13.8 Å². The number of anilines is 1. The number of hydrogen-bond acceptors (Lipinski definition) is 6. The number of Topliss-reactive ketones (excluding diaryl/α,β-unsaturated/α-hetero) is 1. The van der Waals surface area contributed by atoms with Crippen LogP contribution in [-0.2, 0) is 4.74 Å². The number of benzene rings is 3. The first-order chi connectivity index (χ1) is 19.9. The van der Waals surface area contributed by atoms with Gasteiger partial charge in [0.1, 0.15) is 11.6 Å². The van der Waals surface area contributed by atoms with E-state index >= 15 is 0 Å². The average molecular weight is 555 g/mol. The lowest BCUT2D eigenvalue weighted by Gasteiger charge is -2.12. The third-order valence-electron chi connectivity index (χ3n) is 6.74. The minimum atomic E-state index is -0.457. The predicted molar refractivity (Wildman–Crippen MR) is 156 cm³/mol. The molecule has 5 rings (SSSR count). The van der Waals surface area contributed by atoms with Crippen LogP contribution < -0.4 is 10.5 Å². The van der Waals surface area contributed by atoms with Crippen LogP contribution >= 0.6 is 0 Å². The molecule has 0 atom stereocenters. The summed E-state index contributed by atoms with van der Waals surface area (Å²) < 4.78 is 26.6. The van der Waals surface area contributed by atoms with Crippen LogP contribution in [0.25, 0.3) is 16.6 Å².